The maximum Gasteiger partial charge on any atom is 0.0211 e. The van der Waals surface area contributed by atoms with E-state index >= 15 is 0 Å². The fourth-order valence-corrected chi connectivity index (χ4v) is 6.56. The molecule has 0 aliphatic heterocycles. The number of fused-ring (bicyclic) bond motifs is 1. The summed E-state index contributed by atoms with van der Waals surface area (Å²) < 4.78 is 1.78. The van der Waals surface area contributed by atoms with Crippen molar-refractivity contribution >= 4 is 38.5 Å². The van der Waals surface area contributed by atoms with Gasteiger partial charge in [0.25, 0.3) is 0 Å². The van der Waals surface area contributed by atoms with Crippen LogP contribution in [0.5, 0.6) is 0 Å². The van der Waals surface area contributed by atoms with Gasteiger partial charge in [0.2, 0.25) is 0 Å². The van der Waals surface area contributed by atoms with Gasteiger partial charge in [-0.05, 0) is 76.0 Å². The van der Waals surface area contributed by atoms with Gasteiger partial charge in [-0.2, -0.15) is 0 Å². The molecular formula is C17H30BrI. The fourth-order valence-electron chi connectivity index (χ4n) is 4.21. The molecule has 3 aliphatic rings. The summed E-state index contributed by atoms with van der Waals surface area (Å²) in [6.45, 7) is 0. The largest absolute Gasteiger partial charge is 0.0884 e. The molecular weight excluding hydrogens is 411 g/mol. The second-order valence-electron chi connectivity index (χ2n) is 6.14. The van der Waals surface area contributed by atoms with Gasteiger partial charge >= 0.3 is 0 Å². The first kappa shape index (κ1) is 18.0. The van der Waals surface area contributed by atoms with E-state index in [0.717, 1.165) is 22.6 Å². The molecule has 0 heterocycles. The summed E-state index contributed by atoms with van der Waals surface area (Å²) in [4.78, 5) is 0.774. The molecule has 2 fully saturated rings. The highest BCUT2D eigenvalue weighted by Crippen LogP contribution is 2.52. The number of allylic oxidation sites excluding steroid dienone is 2. The Morgan fingerprint density at radius 2 is 1.42 bits per heavy atom. The van der Waals surface area contributed by atoms with Crippen LogP contribution in [-0.4, -0.2) is 4.83 Å². The second-order valence-corrected chi connectivity index (χ2v) is 8.47. The van der Waals surface area contributed by atoms with Gasteiger partial charge in [0.1, 0.15) is 0 Å². The molecule has 0 spiro atoms. The van der Waals surface area contributed by atoms with Crippen molar-refractivity contribution in [3.8, 4) is 0 Å². The molecule has 3 rings (SSSR count). The summed E-state index contributed by atoms with van der Waals surface area (Å²) in [5, 5.41) is 0. The van der Waals surface area contributed by atoms with Gasteiger partial charge in [-0.15, -0.1) is 0 Å². The quantitative estimate of drug-likeness (QED) is 0.301. The van der Waals surface area contributed by atoms with Crippen LogP contribution in [0.3, 0.4) is 0 Å². The summed E-state index contributed by atoms with van der Waals surface area (Å²) in [5.74, 6) is 2.86. The Bertz CT molecular complexity index is 323. The van der Waals surface area contributed by atoms with Crippen LogP contribution in [0.2, 0.25) is 0 Å². The van der Waals surface area contributed by atoms with E-state index < -0.39 is 0 Å². The van der Waals surface area contributed by atoms with Gasteiger partial charge in [0, 0.05) is 4.83 Å². The average Bonchev–Trinajstić information content (AvgIpc) is 2.68. The lowest BCUT2D eigenvalue weighted by Gasteiger charge is -2.29. The molecule has 0 aromatic heterocycles. The van der Waals surface area contributed by atoms with Crippen LogP contribution in [0.15, 0.2) is 9.15 Å². The summed E-state index contributed by atoms with van der Waals surface area (Å²) in [7, 11) is 0. The lowest BCUT2D eigenvalue weighted by Crippen LogP contribution is -2.21. The Morgan fingerprint density at radius 3 is 2.05 bits per heavy atom. The summed E-state index contributed by atoms with van der Waals surface area (Å²) >= 11 is 6.65. The van der Waals surface area contributed by atoms with Crippen molar-refractivity contribution in [2.75, 3.05) is 0 Å². The minimum Gasteiger partial charge on any atom is -0.0884 e. The van der Waals surface area contributed by atoms with Crippen LogP contribution in [-0.2, 0) is 0 Å². The zero-order valence-corrected chi connectivity index (χ0v) is 14.2. The first-order valence-corrected chi connectivity index (χ1v) is 9.29. The first-order chi connectivity index (χ1) is 8.27. The maximum absolute atomic E-state index is 3.95. The predicted octanol–water partition coefficient (Wildman–Crippen LogP) is 7.11. The van der Waals surface area contributed by atoms with E-state index in [9.17, 15) is 0 Å². The van der Waals surface area contributed by atoms with Crippen molar-refractivity contribution in [1.82, 2.24) is 0 Å². The van der Waals surface area contributed by atoms with Crippen LogP contribution >= 0.6 is 38.5 Å². The zero-order valence-electron chi connectivity index (χ0n) is 10.4. The van der Waals surface area contributed by atoms with Crippen molar-refractivity contribution in [3.63, 3.8) is 0 Å². The van der Waals surface area contributed by atoms with Gasteiger partial charge in [-0.25, -0.2) is 0 Å². The first-order valence-electron chi connectivity index (χ1n) is 7.30. The Morgan fingerprint density at radius 1 is 0.842 bits per heavy atom. The normalized spacial score (nSPS) is 38.2. The number of halogens is 2. The van der Waals surface area contributed by atoms with Crippen molar-refractivity contribution in [2.45, 2.75) is 77.5 Å². The Kier molecular flexibility index (Phi) is 7.40. The summed E-state index contributed by atoms with van der Waals surface area (Å²) in [6, 6.07) is 0. The minimum absolute atomic E-state index is 0. The van der Waals surface area contributed by atoms with Crippen LogP contribution in [0, 0.1) is 17.8 Å². The van der Waals surface area contributed by atoms with E-state index in [1.807, 2.05) is 5.57 Å². The molecule has 4 unspecified atom stereocenters. The molecule has 0 amide bonds. The van der Waals surface area contributed by atoms with Crippen molar-refractivity contribution in [1.29, 1.82) is 0 Å². The molecule has 0 bridgehead atoms. The number of hydrogen-bond acceptors (Lipinski definition) is 0. The van der Waals surface area contributed by atoms with Crippen molar-refractivity contribution in [2.24, 2.45) is 17.8 Å². The highest BCUT2D eigenvalue weighted by molar-refractivity contribution is 14.1. The monoisotopic (exact) mass is 440 g/mol. The van der Waals surface area contributed by atoms with Crippen LogP contribution in [0.25, 0.3) is 0 Å². The van der Waals surface area contributed by atoms with E-state index in [0.29, 0.717) is 0 Å². The topological polar surface area (TPSA) is 0 Å². The third-order valence-electron chi connectivity index (χ3n) is 5.15. The lowest BCUT2D eigenvalue weighted by molar-refractivity contribution is 0.297. The molecule has 4 atom stereocenters. The summed E-state index contributed by atoms with van der Waals surface area (Å²) in [6.07, 6.45) is 13.1. The number of rotatable bonds is 1. The number of hydrogen-bond donors (Lipinski definition) is 0. The standard InChI is InChI=1S/C15H22BrI.2CH4/c16-14-8-4-3-7-12(14)13-9-10-5-1-2-6-11(10)15(13)17;;/h10-12,14H,1-9H2;2*1H4. The van der Waals surface area contributed by atoms with Crippen molar-refractivity contribution < 1.29 is 0 Å². The predicted molar refractivity (Wildman–Crippen MR) is 99.2 cm³/mol. The van der Waals surface area contributed by atoms with Gasteiger partial charge in [-0.3, -0.25) is 0 Å². The van der Waals surface area contributed by atoms with Gasteiger partial charge < -0.3 is 0 Å². The van der Waals surface area contributed by atoms with E-state index in [1.54, 1.807) is 3.58 Å². The van der Waals surface area contributed by atoms with Crippen LogP contribution in [0.1, 0.15) is 72.6 Å². The van der Waals surface area contributed by atoms with E-state index in [4.69, 9.17) is 0 Å². The molecule has 19 heavy (non-hydrogen) atoms. The average molecular weight is 441 g/mol. The third kappa shape index (κ3) is 3.59. The SMILES string of the molecule is BrC1CCCCC1C1=C(I)C2CCCCC2C1.C.C. The molecule has 0 nitrogen and oxygen atoms in total. The van der Waals surface area contributed by atoms with Gasteiger partial charge in [0.15, 0.2) is 0 Å². The molecule has 2 heteroatoms. The Balaban J connectivity index is 0.000000902. The molecule has 3 aliphatic carbocycles. The van der Waals surface area contributed by atoms with E-state index in [1.165, 1.54) is 57.8 Å². The lowest BCUT2D eigenvalue weighted by atomic mass is 9.80. The maximum atomic E-state index is 3.95. The van der Waals surface area contributed by atoms with Crippen molar-refractivity contribution in [3.05, 3.63) is 9.15 Å². The summed E-state index contributed by atoms with van der Waals surface area (Å²) in [5.41, 5.74) is 1.86. The third-order valence-corrected chi connectivity index (χ3v) is 7.74. The highest BCUT2D eigenvalue weighted by Gasteiger charge is 2.39. The minimum atomic E-state index is 0. The smallest absolute Gasteiger partial charge is 0.0211 e. The van der Waals surface area contributed by atoms with E-state index in [-0.39, 0.29) is 14.9 Å². The van der Waals surface area contributed by atoms with Gasteiger partial charge in [-0.1, -0.05) is 62.0 Å². The molecule has 2 saturated carbocycles. The van der Waals surface area contributed by atoms with Crippen LogP contribution in [0.4, 0.5) is 0 Å². The van der Waals surface area contributed by atoms with Crippen LogP contribution < -0.4 is 0 Å². The Labute approximate surface area is 142 Å². The highest BCUT2D eigenvalue weighted by atomic mass is 127. The van der Waals surface area contributed by atoms with Gasteiger partial charge in [0.05, 0.1) is 0 Å². The molecule has 0 aromatic carbocycles. The molecule has 0 aromatic rings. The van der Waals surface area contributed by atoms with E-state index in [2.05, 4.69) is 38.5 Å². The number of alkyl halides is 1. The molecule has 0 saturated heterocycles. The zero-order chi connectivity index (χ0) is 11.8. The second kappa shape index (κ2) is 7.82. The molecule has 112 valence electrons. The molecule has 0 radical (unpaired) electrons. The molecule has 0 N–H and O–H groups in total. The fraction of sp³-hybridized carbons (Fsp3) is 0.882. The Hall–Kier alpha value is 0.950.